The Morgan fingerprint density at radius 3 is 1.47 bits per heavy atom. The highest BCUT2D eigenvalue weighted by molar-refractivity contribution is 8.01. The minimum atomic E-state index is -4.90. The van der Waals surface area contributed by atoms with Crippen LogP contribution >= 0.6 is 70.0 Å². The second kappa shape index (κ2) is 26.7. The van der Waals surface area contributed by atoms with Crippen molar-refractivity contribution in [3.05, 3.63) is 135 Å². The van der Waals surface area contributed by atoms with E-state index in [-0.39, 0.29) is 32.0 Å². The van der Waals surface area contributed by atoms with Crippen LogP contribution in [0.25, 0.3) is 4.85 Å². The molecule has 0 aliphatic carbocycles. The van der Waals surface area contributed by atoms with Crippen molar-refractivity contribution >= 4 is 121 Å². The maximum absolute atomic E-state index is 12.6. The van der Waals surface area contributed by atoms with Gasteiger partial charge in [0.2, 0.25) is 44.9 Å². The largest absolute Gasteiger partial charge is 0.471 e. The van der Waals surface area contributed by atoms with E-state index in [0.717, 1.165) is 68.7 Å². The Morgan fingerprint density at radius 1 is 0.627 bits per heavy atom. The lowest BCUT2D eigenvalue weighted by molar-refractivity contribution is -0.173. The fourth-order valence-electron chi connectivity index (χ4n) is 7.31. The highest BCUT2D eigenvalue weighted by Crippen LogP contribution is 2.35. The van der Waals surface area contributed by atoms with Crippen LogP contribution in [-0.2, 0) is 57.8 Å². The van der Waals surface area contributed by atoms with Gasteiger partial charge in [-0.05, 0) is 148 Å². The van der Waals surface area contributed by atoms with E-state index < -0.39 is 52.0 Å². The van der Waals surface area contributed by atoms with Crippen molar-refractivity contribution in [3.63, 3.8) is 0 Å². The van der Waals surface area contributed by atoms with E-state index in [9.17, 15) is 51.6 Å². The number of nitrogens with one attached hydrogen (secondary N) is 1. The fourth-order valence-corrected chi connectivity index (χ4v) is 17.6. The Kier molecular flexibility index (Phi) is 21.5. The van der Waals surface area contributed by atoms with Crippen molar-refractivity contribution in [2.45, 2.75) is 95.6 Å². The number of thiophene rings is 3. The minimum absolute atomic E-state index is 0.0771. The first-order valence-corrected chi connectivity index (χ1v) is 32.6. The number of benzene rings is 3. The van der Waals surface area contributed by atoms with Gasteiger partial charge in [0, 0.05) is 65.4 Å². The SMILES string of the molecule is NCc1ccc(S(=O)(=O)c2ccc(S(=O)(=O)N3CCCC3)cc2)s1.O=C(NCc1ccc(Sc2ccc(S(=O)(=O)N3CCCC3)cc2)s1)C(F)(F)F.O=S(=O)(c1ccc(S)cc1)N1CCCC1.[C-]#[N+]c1ccc(Cl)s1. The molecule has 0 bridgehead atoms. The lowest BCUT2D eigenvalue weighted by Gasteiger charge is -2.15. The van der Waals surface area contributed by atoms with Crippen LogP contribution < -0.4 is 11.1 Å². The minimum Gasteiger partial charge on any atom is -0.343 e. The third kappa shape index (κ3) is 16.3. The number of sulfone groups is 1. The molecule has 3 fully saturated rings. The van der Waals surface area contributed by atoms with Crippen LogP contribution in [0.1, 0.15) is 48.3 Å². The van der Waals surface area contributed by atoms with Gasteiger partial charge in [0.25, 0.3) is 0 Å². The highest BCUT2D eigenvalue weighted by atomic mass is 35.5. The Labute approximate surface area is 462 Å². The Hall–Kier alpha value is -3.86. The van der Waals surface area contributed by atoms with Gasteiger partial charge in [-0.3, -0.25) is 4.79 Å². The standard InChI is InChI=1S/C17H17F3N2O3S3.C15H18N2O4S3.C10H13NO2S2.C5H2ClNS/c18-17(19,20)16(23)21-11-13-5-8-15(27-13)26-12-3-6-14(7-4-12)28(24,25)22-9-1-2-10-22;16-11-12-3-8-15(22-12)23(18,19)13-4-6-14(7-5-13)24(20,21)17-9-1-2-10-17;12-15(13,11-7-1-2-8-11)10-5-3-9(14)4-6-10;1-7-5-3-2-4(6)8-5/h3-8H,1-2,9-11H2,(H,21,23);3-8H,1-2,9-11,16H2;3-6,14H,1-2,7-8H2;2-3H. The first-order valence-electron chi connectivity index (χ1n) is 22.7. The zero-order chi connectivity index (χ0) is 54.6. The van der Waals surface area contributed by atoms with Gasteiger partial charge in [0.1, 0.15) is 4.21 Å². The summed E-state index contributed by atoms with van der Waals surface area (Å²) in [4.78, 5) is 17.8. The van der Waals surface area contributed by atoms with Crippen LogP contribution in [0.4, 0.5) is 18.2 Å². The monoisotopic (exact) mass is 1220 g/mol. The third-order valence-electron chi connectivity index (χ3n) is 11.2. The highest BCUT2D eigenvalue weighted by Gasteiger charge is 2.38. The van der Waals surface area contributed by atoms with Gasteiger partial charge >= 0.3 is 12.1 Å². The van der Waals surface area contributed by atoms with E-state index in [1.807, 2.05) is 5.32 Å². The predicted octanol–water partition coefficient (Wildman–Crippen LogP) is 10.4. The number of sulfonamides is 3. The molecule has 3 aliphatic rings. The van der Waals surface area contributed by atoms with Crippen LogP contribution in [0.2, 0.25) is 4.34 Å². The molecule has 404 valence electrons. The molecule has 0 spiro atoms. The second-order valence-corrected chi connectivity index (χ2v) is 30.3. The Balaban J connectivity index is 0.000000175. The van der Waals surface area contributed by atoms with Crippen molar-refractivity contribution in [2.75, 3.05) is 39.3 Å². The maximum atomic E-state index is 12.6. The summed E-state index contributed by atoms with van der Waals surface area (Å²) in [7, 11) is -13.9. The first-order chi connectivity index (χ1) is 35.4. The molecular formula is C47H50ClF3N6O9S9. The second-order valence-electron chi connectivity index (χ2n) is 16.4. The number of alkyl halides is 3. The fraction of sp³-hybridized carbons (Fsp3) is 0.319. The smallest absolute Gasteiger partial charge is 0.343 e. The molecule has 0 radical (unpaired) electrons. The first kappa shape index (κ1) is 60.4. The molecule has 9 rings (SSSR count). The molecule has 3 aromatic heterocycles. The van der Waals surface area contributed by atoms with Crippen molar-refractivity contribution < 1.29 is 51.6 Å². The van der Waals surface area contributed by atoms with Crippen LogP contribution in [0.15, 0.2) is 147 Å². The van der Waals surface area contributed by atoms with Gasteiger partial charge in [-0.2, -0.15) is 26.1 Å². The van der Waals surface area contributed by atoms with Gasteiger partial charge in [0.15, 0.2) is 0 Å². The van der Waals surface area contributed by atoms with E-state index in [1.165, 1.54) is 73.4 Å². The summed E-state index contributed by atoms with van der Waals surface area (Å²) in [6.45, 7) is 10.0. The zero-order valence-electron chi connectivity index (χ0n) is 39.6. The van der Waals surface area contributed by atoms with Crippen LogP contribution in [0.5, 0.6) is 0 Å². The molecule has 6 aromatic rings. The van der Waals surface area contributed by atoms with E-state index in [4.69, 9.17) is 23.9 Å². The van der Waals surface area contributed by atoms with Gasteiger partial charge in [-0.25, -0.2) is 38.5 Å². The molecule has 75 heavy (non-hydrogen) atoms. The quantitative estimate of drug-likeness (QED) is 0.0733. The molecule has 3 saturated heterocycles. The molecule has 1 amide bonds. The molecular weight excluding hydrogens is 1170 g/mol. The number of carbonyl (C=O) groups is 1. The van der Waals surface area contributed by atoms with Gasteiger partial charge in [0.05, 0.1) is 41.2 Å². The summed E-state index contributed by atoms with van der Waals surface area (Å²) in [5, 5.41) is 2.48. The number of halogens is 4. The topological polar surface area (TPSA) is 206 Å². The summed E-state index contributed by atoms with van der Waals surface area (Å²) < 4.78 is 142. The number of nitrogens with zero attached hydrogens (tertiary/aromatic N) is 4. The normalized spacial score (nSPS) is 15.7. The van der Waals surface area contributed by atoms with Crippen molar-refractivity contribution in [1.29, 1.82) is 0 Å². The lowest BCUT2D eigenvalue weighted by Crippen LogP contribution is -2.36. The van der Waals surface area contributed by atoms with Crippen molar-refractivity contribution in [2.24, 2.45) is 5.73 Å². The lowest BCUT2D eigenvalue weighted by atomic mass is 10.4. The average Bonchev–Trinajstić information content (AvgIpc) is 4.25. The molecule has 0 saturated carbocycles. The molecule has 0 unspecified atom stereocenters. The number of carbonyl (C=O) groups excluding carboxylic acids is 1. The van der Waals surface area contributed by atoms with E-state index in [2.05, 4.69) is 17.5 Å². The number of hydrogen-bond acceptors (Lipinski definition) is 15. The number of hydrogen-bond donors (Lipinski definition) is 3. The molecule has 0 atom stereocenters. The molecule has 6 heterocycles. The van der Waals surface area contributed by atoms with Gasteiger partial charge < -0.3 is 11.1 Å². The predicted molar refractivity (Wildman–Crippen MR) is 290 cm³/mol. The zero-order valence-corrected chi connectivity index (χ0v) is 47.7. The van der Waals surface area contributed by atoms with Crippen LogP contribution in [0.3, 0.4) is 0 Å². The maximum Gasteiger partial charge on any atom is 0.471 e. The summed E-state index contributed by atoms with van der Waals surface area (Å²) in [6.07, 6.45) is 0.482. The summed E-state index contributed by atoms with van der Waals surface area (Å²) in [6, 6.07) is 28.6. The van der Waals surface area contributed by atoms with E-state index in [0.29, 0.717) is 58.4 Å². The van der Waals surface area contributed by atoms with Gasteiger partial charge in [-0.15, -0.1) is 46.6 Å². The van der Waals surface area contributed by atoms with Crippen molar-refractivity contribution in [1.82, 2.24) is 18.2 Å². The average molecular weight is 1220 g/mol. The van der Waals surface area contributed by atoms with Crippen LogP contribution in [-0.4, -0.2) is 97.9 Å². The van der Waals surface area contributed by atoms with Crippen LogP contribution in [0, 0.1) is 6.57 Å². The number of amides is 1. The van der Waals surface area contributed by atoms with E-state index >= 15 is 0 Å². The van der Waals surface area contributed by atoms with Gasteiger partial charge in [-0.1, -0.05) is 23.4 Å². The molecule has 3 aliphatic heterocycles. The number of nitrogens with two attached hydrogens (primary N) is 1. The molecule has 3 N–H and O–H groups in total. The van der Waals surface area contributed by atoms with Crippen molar-refractivity contribution in [3.8, 4) is 0 Å². The third-order valence-corrected chi connectivity index (χ3v) is 24.0. The van der Waals surface area contributed by atoms with E-state index in [1.54, 1.807) is 83.2 Å². The molecule has 28 heteroatoms. The number of rotatable bonds is 13. The molecule has 3 aromatic carbocycles. The summed E-state index contributed by atoms with van der Waals surface area (Å²) in [5.41, 5.74) is 5.52. The summed E-state index contributed by atoms with van der Waals surface area (Å²) >= 11 is 14.7. The molecule has 15 nitrogen and oxygen atoms in total. The Morgan fingerprint density at radius 2 is 1.07 bits per heavy atom. The summed E-state index contributed by atoms with van der Waals surface area (Å²) in [5.74, 6) is -1.97. The number of thiol groups is 1. The Bertz CT molecular complexity index is 3370.